The molecule has 2 aliphatic rings. The van der Waals surface area contributed by atoms with Crippen LogP contribution in [0, 0.1) is 11.6 Å². The summed E-state index contributed by atoms with van der Waals surface area (Å²) < 4.78 is 49.2. The lowest BCUT2D eigenvalue weighted by Crippen LogP contribution is -2.53. The van der Waals surface area contributed by atoms with E-state index in [0.717, 1.165) is 18.2 Å². The molecule has 0 aliphatic carbocycles. The van der Waals surface area contributed by atoms with Crippen molar-refractivity contribution in [2.75, 3.05) is 19.8 Å². The van der Waals surface area contributed by atoms with Gasteiger partial charge < -0.3 is 29.3 Å². The normalized spacial score (nSPS) is 19.6. The van der Waals surface area contributed by atoms with E-state index in [9.17, 15) is 19.8 Å². The molecule has 2 N–H and O–H groups in total. The molecule has 43 heavy (non-hydrogen) atoms. The number of rotatable bonds is 7. The van der Waals surface area contributed by atoms with Crippen molar-refractivity contribution in [3.05, 3.63) is 81.9 Å². The lowest BCUT2D eigenvalue weighted by molar-refractivity contribution is -0.0216. The maximum atomic E-state index is 16.1. The van der Waals surface area contributed by atoms with Crippen molar-refractivity contribution < 1.29 is 42.8 Å². The molecule has 0 radical (unpaired) electrons. The first-order chi connectivity index (χ1) is 20.4. The number of aliphatic hydroxyl groups is 1. The maximum absolute atomic E-state index is 16.1. The number of ether oxygens (including phenoxy) is 3. The number of carboxylic acid groups (broad SMARTS) is 1. The summed E-state index contributed by atoms with van der Waals surface area (Å²) in [6, 6.07) is 11.9. The third-order valence-corrected chi connectivity index (χ3v) is 8.00. The maximum Gasteiger partial charge on any atom is 0.410 e. The van der Waals surface area contributed by atoms with Gasteiger partial charge in [-0.1, -0.05) is 41.9 Å². The molecule has 0 saturated carbocycles. The van der Waals surface area contributed by atoms with Gasteiger partial charge in [-0.2, -0.15) is 0 Å². The number of halogens is 3. The fraction of sp³-hybridized carbons (Fsp3) is 0.375. The summed E-state index contributed by atoms with van der Waals surface area (Å²) in [5.74, 6) is -3.75. The molecule has 3 aromatic rings. The third-order valence-electron chi connectivity index (χ3n) is 7.63. The lowest BCUT2D eigenvalue weighted by atomic mass is 9.79. The van der Waals surface area contributed by atoms with Gasteiger partial charge in [0.1, 0.15) is 23.8 Å². The molecule has 1 fully saturated rings. The smallest absolute Gasteiger partial charge is 0.410 e. The quantitative estimate of drug-likeness (QED) is 0.309. The van der Waals surface area contributed by atoms with Gasteiger partial charge in [-0.15, -0.1) is 0 Å². The van der Waals surface area contributed by atoms with Crippen molar-refractivity contribution in [2.45, 2.75) is 57.3 Å². The van der Waals surface area contributed by atoms with Gasteiger partial charge in [0.2, 0.25) is 0 Å². The van der Waals surface area contributed by atoms with Gasteiger partial charge in [-0.3, -0.25) is 0 Å². The number of benzene rings is 3. The molecule has 2 heterocycles. The van der Waals surface area contributed by atoms with E-state index < -0.39 is 63.7 Å². The molecule has 0 spiro atoms. The second kappa shape index (κ2) is 11.7. The van der Waals surface area contributed by atoms with Crippen LogP contribution in [0.2, 0.25) is 5.02 Å². The van der Waals surface area contributed by atoms with E-state index in [4.69, 9.17) is 25.8 Å². The van der Waals surface area contributed by atoms with Crippen LogP contribution in [0.4, 0.5) is 13.6 Å². The number of amides is 1. The number of nitrogens with zero attached hydrogens (tertiary/aromatic N) is 1. The molecule has 1 saturated heterocycles. The number of likely N-dealkylation sites (tertiary alicyclic amines) is 1. The van der Waals surface area contributed by atoms with Gasteiger partial charge in [0.25, 0.3) is 0 Å². The largest absolute Gasteiger partial charge is 0.488 e. The molecule has 3 aromatic carbocycles. The number of carbonyl (C=O) groups is 2. The zero-order valence-corrected chi connectivity index (χ0v) is 24.7. The SMILES string of the molecule is CC(C)(C)OC(=O)N1CCC[C@H]1C1(c2ccccc2)Cc2c(cc(F)c(Cl)c2-c2c(C(=O)O)ccc(OCCO)c2F)O1. The molecule has 8 nitrogen and oxygen atoms in total. The molecule has 0 bridgehead atoms. The van der Waals surface area contributed by atoms with Gasteiger partial charge in [0, 0.05) is 35.7 Å². The van der Waals surface area contributed by atoms with Crippen LogP contribution in [0.5, 0.6) is 11.5 Å². The summed E-state index contributed by atoms with van der Waals surface area (Å²) in [7, 11) is 0. The van der Waals surface area contributed by atoms with E-state index in [1.54, 1.807) is 25.7 Å². The van der Waals surface area contributed by atoms with E-state index in [1.165, 1.54) is 0 Å². The van der Waals surface area contributed by atoms with Crippen LogP contribution < -0.4 is 9.47 Å². The Bertz CT molecular complexity index is 1560. The van der Waals surface area contributed by atoms with Crippen LogP contribution in [0.25, 0.3) is 11.1 Å². The highest BCUT2D eigenvalue weighted by Crippen LogP contribution is 2.53. The molecule has 0 aromatic heterocycles. The molecular weight excluding hydrogens is 584 g/mol. The average molecular weight is 616 g/mol. The first kappa shape index (κ1) is 30.6. The Morgan fingerprint density at radius 1 is 1.14 bits per heavy atom. The Kier molecular flexibility index (Phi) is 8.28. The van der Waals surface area contributed by atoms with Crippen LogP contribution in [0.1, 0.15) is 55.1 Å². The zero-order chi connectivity index (χ0) is 31.1. The zero-order valence-electron chi connectivity index (χ0n) is 24.0. The fourth-order valence-electron chi connectivity index (χ4n) is 5.96. The summed E-state index contributed by atoms with van der Waals surface area (Å²) in [5.41, 5.74) is -2.14. The summed E-state index contributed by atoms with van der Waals surface area (Å²) in [6.07, 6.45) is 0.684. The molecule has 5 rings (SSSR count). The number of fused-ring (bicyclic) bond motifs is 1. The minimum atomic E-state index is -1.46. The van der Waals surface area contributed by atoms with E-state index in [0.29, 0.717) is 24.9 Å². The minimum Gasteiger partial charge on any atom is -0.488 e. The molecule has 1 amide bonds. The molecular formula is C32H32ClF2NO7. The summed E-state index contributed by atoms with van der Waals surface area (Å²) in [4.78, 5) is 27.3. The van der Waals surface area contributed by atoms with Crippen LogP contribution in [-0.4, -0.2) is 58.6 Å². The number of carbonyl (C=O) groups excluding carboxylic acids is 1. The second-order valence-corrected chi connectivity index (χ2v) is 11.9. The van der Waals surface area contributed by atoms with Crippen molar-refractivity contribution in [2.24, 2.45) is 0 Å². The number of hydrogen-bond donors (Lipinski definition) is 2. The second-order valence-electron chi connectivity index (χ2n) is 11.6. The van der Waals surface area contributed by atoms with Gasteiger partial charge in [-0.05, 0) is 51.3 Å². The Morgan fingerprint density at radius 2 is 1.86 bits per heavy atom. The van der Waals surface area contributed by atoms with E-state index in [1.807, 2.05) is 30.3 Å². The molecule has 1 unspecified atom stereocenters. The summed E-state index contributed by atoms with van der Waals surface area (Å²) in [5, 5.41) is 18.7. The summed E-state index contributed by atoms with van der Waals surface area (Å²) in [6.45, 7) is 5.06. The predicted molar refractivity (Wildman–Crippen MR) is 155 cm³/mol. The van der Waals surface area contributed by atoms with E-state index in [-0.39, 0.29) is 35.7 Å². The van der Waals surface area contributed by atoms with Gasteiger partial charge in [0.05, 0.1) is 23.2 Å². The Hall–Kier alpha value is -3.89. The highest BCUT2D eigenvalue weighted by atomic mass is 35.5. The molecule has 2 atom stereocenters. The van der Waals surface area contributed by atoms with Crippen molar-refractivity contribution in [3.63, 3.8) is 0 Å². The number of hydrogen-bond acceptors (Lipinski definition) is 6. The van der Waals surface area contributed by atoms with Crippen molar-refractivity contribution in [1.29, 1.82) is 0 Å². The third kappa shape index (κ3) is 5.61. The van der Waals surface area contributed by atoms with Crippen LogP contribution in [0.15, 0.2) is 48.5 Å². The Balaban J connectivity index is 1.71. The predicted octanol–water partition coefficient (Wildman–Crippen LogP) is 6.58. The van der Waals surface area contributed by atoms with Crippen molar-refractivity contribution in [1.82, 2.24) is 4.90 Å². The first-order valence-electron chi connectivity index (χ1n) is 13.9. The van der Waals surface area contributed by atoms with E-state index >= 15 is 8.78 Å². The Morgan fingerprint density at radius 3 is 2.51 bits per heavy atom. The molecule has 11 heteroatoms. The van der Waals surface area contributed by atoms with Crippen LogP contribution in [0.3, 0.4) is 0 Å². The number of carboxylic acids is 1. The molecule has 2 aliphatic heterocycles. The highest BCUT2D eigenvalue weighted by molar-refractivity contribution is 6.34. The van der Waals surface area contributed by atoms with Crippen LogP contribution in [-0.2, 0) is 16.8 Å². The minimum absolute atomic E-state index is 0.0197. The topological polar surface area (TPSA) is 106 Å². The van der Waals surface area contributed by atoms with Gasteiger partial charge in [-0.25, -0.2) is 18.4 Å². The van der Waals surface area contributed by atoms with E-state index in [2.05, 4.69) is 0 Å². The van der Waals surface area contributed by atoms with Crippen LogP contribution >= 0.6 is 11.6 Å². The highest BCUT2D eigenvalue weighted by Gasteiger charge is 2.54. The Labute approximate surface area is 252 Å². The van der Waals surface area contributed by atoms with Crippen molar-refractivity contribution in [3.8, 4) is 22.6 Å². The number of aromatic carboxylic acids is 1. The first-order valence-corrected chi connectivity index (χ1v) is 14.3. The standard InChI is InChI=1S/C32H32ClF2NO7/c1-31(2,3)43-30(40)36-13-7-10-24(36)32(18-8-5-4-6-9-18)17-20-23(42-32)16-21(34)27(33)25(20)26-19(29(38)39)11-12-22(28(26)35)41-15-14-37/h4-6,8-9,11-12,16,24,37H,7,10,13-15,17H2,1-3H3,(H,38,39)/t24-,32?/m0/s1. The lowest BCUT2D eigenvalue weighted by Gasteiger charge is -2.40. The number of aliphatic hydroxyl groups excluding tert-OH is 1. The molecule has 228 valence electrons. The van der Waals surface area contributed by atoms with Gasteiger partial charge >= 0.3 is 12.1 Å². The monoisotopic (exact) mass is 615 g/mol. The fourth-order valence-corrected chi connectivity index (χ4v) is 6.22. The average Bonchev–Trinajstić information content (AvgIpc) is 3.59. The van der Waals surface area contributed by atoms with Crippen molar-refractivity contribution >= 4 is 23.7 Å². The van der Waals surface area contributed by atoms with Gasteiger partial charge in [0.15, 0.2) is 17.2 Å². The summed E-state index contributed by atoms with van der Waals surface area (Å²) >= 11 is 6.51.